The number of hydrogen-bond acceptors (Lipinski definition) is 8. The van der Waals surface area contributed by atoms with Gasteiger partial charge in [0.05, 0.1) is 31.6 Å². The second-order valence-corrected chi connectivity index (χ2v) is 7.28. The molecule has 0 spiro atoms. The highest BCUT2D eigenvalue weighted by Crippen LogP contribution is 2.33. The fraction of sp³-hybridized carbons (Fsp3) is 0.333. The van der Waals surface area contributed by atoms with Gasteiger partial charge < -0.3 is 30.6 Å². The second kappa shape index (κ2) is 9.33. The molecule has 1 atom stereocenters. The third-order valence-corrected chi connectivity index (χ3v) is 4.89. The zero-order valence-electron chi connectivity index (χ0n) is 16.0. The number of imidazole rings is 1. The van der Waals surface area contributed by atoms with E-state index in [0.29, 0.717) is 38.9 Å². The van der Waals surface area contributed by atoms with Crippen LogP contribution in [0.15, 0.2) is 18.5 Å². The van der Waals surface area contributed by atoms with Crippen molar-refractivity contribution < 1.29 is 19.4 Å². The Hall–Kier alpha value is -2.82. The first-order valence-electron chi connectivity index (χ1n) is 8.91. The molecule has 1 aromatic carbocycles. The van der Waals surface area contributed by atoms with Crippen molar-refractivity contribution in [1.29, 1.82) is 0 Å². The molecule has 30 heavy (non-hydrogen) atoms. The third-order valence-electron chi connectivity index (χ3n) is 4.33. The maximum absolute atomic E-state index is 10.8. The smallest absolute Gasteiger partial charge is 0.320 e. The van der Waals surface area contributed by atoms with Gasteiger partial charge in [-0.1, -0.05) is 23.2 Å². The van der Waals surface area contributed by atoms with Crippen LogP contribution in [0, 0.1) is 0 Å². The second-order valence-electron chi connectivity index (χ2n) is 6.44. The Bertz CT molecular complexity index is 1070. The number of hydrogen-bond donors (Lipinski definition) is 3. The fourth-order valence-corrected chi connectivity index (χ4v) is 3.33. The molecule has 2 heterocycles. The van der Waals surface area contributed by atoms with Crippen LogP contribution < -0.4 is 20.9 Å². The number of benzene rings is 1. The summed E-state index contributed by atoms with van der Waals surface area (Å²) in [5, 5.41) is 9.67. The number of halogens is 2. The number of carbonyl (C=O) groups is 1. The molecule has 0 aliphatic heterocycles. The van der Waals surface area contributed by atoms with E-state index in [1.165, 1.54) is 7.11 Å². The number of nitrogens with zero attached hydrogens (tertiary/aromatic N) is 4. The molecule has 160 valence electrons. The molecule has 0 unspecified atom stereocenters. The van der Waals surface area contributed by atoms with Gasteiger partial charge in [-0.05, 0) is 25.0 Å². The SMILES string of the molecule is COc1nc(N)c2ncn(Cc3c(Cl)cc(Cl)cc3OCCC[C@@H](N)C(=O)O)c2n1. The van der Waals surface area contributed by atoms with Gasteiger partial charge in [-0.15, -0.1) is 0 Å². The highest BCUT2D eigenvalue weighted by atomic mass is 35.5. The van der Waals surface area contributed by atoms with Crippen molar-refractivity contribution in [1.82, 2.24) is 19.5 Å². The van der Waals surface area contributed by atoms with Gasteiger partial charge in [0.2, 0.25) is 0 Å². The van der Waals surface area contributed by atoms with Crippen LogP contribution in [0.1, 0.15) is 18.4 Å². The third kappa shape index (κ3) is 4.84. The van der Waals surface area contributed by atoms with Crippen molar-refractivity contribution in [2.24, 2.45) is 5.73 Å². The van der Waals surface area contributed by atoms with Crippen molar-refractivity contribution in [2.45, 2.75) is 25.4 Å². The number of rotatable bonds is 9. The van der Waals surface area contributed by atoms with Crippen molar-refractivity contribution in [3.63, 3.8) is 0 Å². The Morgan fingerprint density at radius 1 is 1.33 bits per heavy atom. The molecule has 0 saturated carbocycles. The quantitative estimate of drug-likeness (QED) is 0.413. The molecule has 2 aromatic heterocycles. The van der Waals surface area contributed by atoms with Crippen molar-refractivity contribution >= 4 is 46.2 Å². The summed E-state index contributed by atoms with van der Waals surface area (Å²) >= 11 is 12.5. The highest BCUT2D eigenvalue weighted by Gasteiger charge is 2.17. The maximum Gasteiger partial charge on any atom is 0.320 e. The number of methoxy groups -OCH3 is 1. The normalized spacial score (nSPS) is 12.1. The van der Waals surface area contributed by atoms with Crippen molar-refractivity contribution in [2.75, 3.05) is 19.5 Å². The van der Waals surface area contributed by atoms with Crippen LogP contribution >= 0.6 is 23.2 Å². The van der Waals surface area contributed by atoms with Crippen LogP contribution in [-0.4, -0.2) is 50.4 Å². The lowest BCUT2D eigenvalue weighted by atomic mass is 10.1. The van der Waals surface area contributed by atoms with Gasteiger partial charge in [0.25, 0.3) is 0 Å². The van der Waals surface area contributed by atoms with E-state index in [-0.39, 0.29) is 31.4 Å². The van der Waals surface area contributed by atoms with Crippen LogP contribution in [0.4, 0.5) is 5.82 Å². The minimum atomic E-state index is -1.05. The molecule has 0 aliphatic rings. The number of carboxylic acids is 1. The Balaban J connectivity index is 1.85. The van der Waals surface area contributed by atoms with E-state index in [0.717, 1.165) is 0 Å². The molecule has 5 N–H and O–H groups in total. The van der Waals surface area contributed by atoms with E-state index in [4.69, 9.17) is 49.2 Å². The molecular weight excluding hydrogens is 435 g/mol. The molecule has 0 aliphatic carbocycles. The van der Waals surface area contributed by atoms with Gasteiger partial charge in [-0.2, -0.15) is 9.97 Å². The van der Waals surface area contributed by atoms with Gasteiger partial charge in [0.1, 0.15) is 11.8 Å². The Morgan fingerprint density at radius 3 is 2.80 bits per heavy atom. The number of fused-ring (bicyclic) bond motifs is 1. The minimum absolute atomic E-state index is 0.121. The van der Waals surface area contributed by atoms with Crippen LogP contribution in [0.5, 0.6) is 11.8 Å². The maximum atomic E-state index is 10.8. The molecule has 0 radical (unpaired) electrons. The first-order valence-corrected chi connectivity index (χ1v) is 9.67. The van der Waals surface area contributed by atoms with Gasteiger partial charge >= 0.3 is 12.0 Å². The average Bonchev–Trinajstić information content (AvgIpc) is 3.10. The molecule has 10 nitrogen and oxygen atoms in total. The number of aromatic nitrogens is 4. The van der Waals surface area contributed by atoms with Gasteiger partial charge in [0, 0.05) is 10.6 Å². The van der Waals surface area contributed by atoms with Gasteiger partial charge in [-0.3, -0.25) is 4.79 Å². The summed E-state index contributed by atoms with van der Waals surface area (Å²) in [6.07, 6.45) is 2.29. The summed E-state index contributed by atoms with van der Waals surface area (Å²) in [6, 6.07) is 2.43. The number of ether oxygens (including phenoxy) is 2. The monoisotopic (exact) mass is 454 g/mol. The van der Waals surface area contributed by atoms with Crippen molar-refractivity contribution in [3.05, 3.63) is 34.1 Å². The van der Waals surface area contributed by atoms with E-state index < -0.39 is 12.0 Å². The molecule has 0 saturated heterocycles. The van der Waals surface area contributed by atoms with E-state index in [1.807, 2.05) is 0 Å². The lowest BCUT2D eigenvalue weighted by molar-refractivity contribution is -0.138. The number of nitrogen functional groups attached to an aromatic ring is 1. The number of anilines is 1. The number of aliphatic carboxylic acids is 1. The zero-order chi connectivity index (χ0) is 21.8. The molecule has 0 amide bonds. The summed E-state index contributed by atoms with van der Waals surface area (Å²) in [6.45, 7) is 0.522. The Kier molecular flexibility index (Phi) is 6.80. The molecule has 12 heteroatoms. The number of carboxylic acid groups (broad SMARTS) is 1. The molecular formula is C18H20Cl2N6O4. The topological polar surface area (TPSA) is 151 Å². The molecule has 0 fully saturated rings. The van der Waals surface area contributed by atoms with Crippen LogP contribution in [-0.2, 0) is 11.3 Å². The summed E-state index contributed by atoms with van der Waals surface area (Å²) in [5.41, 5.74) is 13.0. The number of nitrogens with two attached hydrogens (primary N) is 2. The Labute approximate surface area is 181 Å². The van der Waals surface area contributed by atoms with Crippen LogP contribution in [0.3, 0.4) is 0 Å². The molecule has 3 rings (SSSR count). The lowest BCUT2D eigenvalue weighted by Crippen LogP contribution is -2.30. The van der Waals surface area contributed by atoms with E-state index in [2.05, 4.69) is 15.0 Å². The highest BCUT2D eigenvalue weighted by molar-refractivity contribution is 6.35. The predicted octanol–water partition coefficient (Wildman–Crippen LogP) is 2.34. The largest absolute Gasteiger partial charge is 0.493 e. The summed E-state index contributed by atoms with van der Waals surface area (Å²) in [4.78, 5) is 23.4. The standard InChI is InChI=1S/C18H20Cl2N6O4/c1-29-18-24-15(22)14-16(25-18)26(8-23-14)7-10-11(20)5-9(19)6-13(10)30-4-2-3-12(21)17(27)28/h5-6,8,12H,2-4,7,21H2,1H3,(H,27,28)(H2,22,24,25)/t12-/m1/s1. The van der Waals surface area contributed by atoms with Crippen molar-refractivity contribution in [3.8, 4) is 11.8 Å². The lowest BCUT2D eigenvalue weighted by Gasteiger charge is -2.15. The fourth-order valence-electron chi connectivity index (χ4n) is 2.79. The predicted molar refractivity (Wildman–Crippen MR) is 112 cm³/mol. The first-order chi connectivity index (χ1) is 14.3. The zero-order valence-corrected chi connectivity index (χ0v) is 17.5. The summed E-state index contributed by atoms with van der Waals surface area (Å²) in [7, 11) is 1.44. The summed E-state index contributed by atoms with van der Waals surface area (Å²) in [5.74, 6) is -0.388. The first kappa shape index (κ1) is 21.9. The van der Waals surface area contributed by atoms with E-state index in [1.54, 1.807) is 23.0 Å². The van der Waals surface area contributed by atoms with Crippen LogP contribution in [0.25, 0.3) is 11.2 Å². The molecule has 0 bridgehead atoms. The average molecular weight is 455 g/mol. The minimum Gasteiger partial charge on any atom is -0.493 e. The van der Waals surface area contributed by atoms with E-state index >= 15 is 0 Å². The molecule has 3 aromatic rings. The van der Waals surface area contributed by atoms with E-state index in [9.17, 15) is 4.79 Å². The van der Waals surface area contributed by atoms with Gasteiger partial charge in [0.15, 0.2) is 17.0 Å². The summed E-state index contributed by atoms with van der Waals surface area (Å²) < 4.78 is 12.6. The Morgan fingerprint density at radius 2 is 2.10 bits per heavy atom. The van der Waals surface area contributed by atoms with Gasteiger partial charge in [-0.25, -0.2) is 4.98 Å². The van der Waals surface area contributed by atoms with Crippen LogP contribution in [0.2, 0.25) is 10.0 Å².